The largest absolute Gasteiger partial charge is 0.463 e. The number of hydrogen-bond acceptors (Lipinski definition) is 4. The van der Waals surface area contributed by atoms with Gasteiger partial charge in [0.25, 0.3) is 0 Å². The molecule has 17 heavy (non-hydrogen) atoms. The van der Waals surface area contributed by atoms with Gasteiger partial charge < -0.3 is 19.8 Å². The van der Waals surface area contributed by atoms with Gasteiger partial charge in [0.15, 0.2) is 0 Å². The molecule has 1 aromatic heterocycles. The summed E-state index contributed by atoms with van der Waals surface area (Å²) in [5.41, 5.74) is 0. The second kappa shape index (κ2) is 5.72. The van der Waals surface area contributed by atoms with Gasteiger partial charge in [-0.2, -0.15) is 0 Å². The van der Waals surface area contributed by atoms with Crippen LogP contribution in [-0.2, 0) is 11.3 Å². The summed E-state index contributed by atoms with van der Waals surface area (Å²) in [5.74, 6) is 1.70. The van der Waals surface area contributed by atoms with Crippen LogP contribution in [0.1, 0.15) is 37.3 Å². The normalized spacial score (nSPS) is 19.2. The Balaban J connectivity index is 1.83. The zero-order valence-corrected chi connectivity index (χ0v) is 9.99. The molecule has 0 radical (unpaired) electrons. The van der Waals surface area contributed by atoms with Gasteiger partial charge in [0.1, 0.15) is 11.5 Å². The number of carbonyl (C=O) groups excluding carboxylic acids is 1. The molecule has 94 valence electrons. The predicted molar refractivity (Wildman–Crippen MR) is 62.5 cm³/mol. The molecule has 5 heteroatoms. The van der Waals surface area contributed by atoms with Crippen molar-refractivity contribution >= 4 is 6.09 Å². The van der Waals surface area contributed by atoms with Gasteiger partial charge in [-0.05, 0) is 38.4 Å². The molecule has 1 aliphatic heterocycles. The first-order valence-corrected chi connectivity index (χ1v) is 6.02. The number of nitrogens with one attached hydrogen (secondary N) is 2. The van der Waals surface area contributed by atoms with E-state index in [0.29, 0.717) is 19.2 Å². The van der Waals surface area contributed by atoms with E-state index in [0.717, 1.165) is 24.5 Å². The third-order valence-electron chi connectivity index (χ3n) is 2.77. The van der Waals surface area contributed by atoms with Crippen LogP contribution >= 0.6 is 0 Å². The van der Waals surface area contributed by atoms with E-state index < -0.39 is 6.09 Å². The van der Waals surface area contributed by atoms with E-state index in [1.807, 2.05) is 12.1 Å². The van der Waals surface area contributed by atoms with E-state index in [4.69, 9.17) is 9.15 Å². The fourth-order valence-electron chi connectivity index (χ4n) is 1.95. The Morgan fingerprint density at radius 2 is 2.53 bits per heavy atom. The molecular formula is C12H18N2O3. The van der Waals surface area contributed by atoms with Gasteiger partial charge in [-0.15, -0.1) is 0 Å². The molecule has 1 fully saturated rings. The summed E-state index contributed by atoms with van der Waals surface area (Å²) >= 11 is 0. The summed E-state index contributed by atoms with van der Waals surface area (Å²) in [6, 6.07) is 4.18. The van der Waals surface area contributed by atoms with Gasteiger partial charge in [-0.25, -0.2) is 4.79 Å². The molecule has 2 N–H and O–H groups in total. The fraction of sp³-hybridized carbons (Fsp3) is 0.583. The molecule has 5 nitrogen and oxygen atoms in total. The van der Waals surface area contributed by atoms with E-state index in [1.165, 1.54) is 6.42 Å². The highest BCUT2D eigenvalue weighted by atomic mass is 16.5. The first kappa shape index (κ1) is 12.0. The Morgan fingerprint density at radius 1 is 1.65 bits per heavy atom. The highest BCUT2D eigenvalue weighted by molar-refractivity contribution is 5.66. The van der Waals surface area contributed by atoms with Crippen molar-refractivity contribution in [3.05, 3.63) is 23.7 Å². The third-order valence-corrected chi connectivity index (χ3v) is 2.77. The Labute approximate surface area is 101 Å². The van der Waals surface area contributed by atoms with E-state index in [1.54, 1.807) is 6.92 Å². The molecule has 0 spiro atoms. The molecule has 2 rings (SSSR count). The SMILES string of the molecule is CCOC(=O)NCc1ccc([C@H]2CCCN2)o1. The van der Waals surface area contributed by atoms with E-state index in [2.05, 4.69) is 10.6 Å². The standard InChI is InChI=1S/C12H18N2O3/c1-2-16-12(15)14-8-9-5-6-11(17-9)10-4-3-7-13-10/h5-6,10,13H,2-4,7-8H2,1H3,(H,14,15)/t10-/m1/s1. The molecule has 0 saturated carbocycles. The summed E-state index contributed by atoms with van der Waals surface area (Å²) in [4.78, 5) is 11.1. The van der Waals surface area contributed by atoms with Crippen molar-refractivity contribution in [2.75, 3.05) is 13.2 Å². The summed E-state index contributed by atoms with van der Waals surface area (Å²) in [6.45, 7) is 3.56. The van der Waals surface area contributed by atoms with Crippen LogP contribution in [0.3, 0.4) is 0 Å². The molecule has 2 heterocycles. The zero-order chi connectivity index (χ0) is 12.1. The van der Waals surface area contributed by atoms with E-state index in [-0.39, 0.29) is 0 Å². The van der Waals surface area contributed by atoms with Crippen molar-refractivity contribution in [3.63, 3.8) is 0 Å². The number of alkyl carbamates (subject to hydrolysis) is 1. The molecule has 1 atom stereocenters. The Bertz CT molecular complexity index is 370. The van der Waals surface area contributed by atoms with Gasteiger partial charge >= 0.3 is 6.09 Å². The van der Waals surface area contributed by atoms with Crippen LogP contribution < -0.4 is 10.6 Å². The topological polar surface area (TPSA) is 63.5 Å². The van der Waals surface area contributed by atoms with Crippen molar-refractivity contribution in [2.45, 2.75) is 32.4 Å². The van der Waals surface area contributed by atoms with Crippen LogP contribution in [0.15, 0.2) is 16.5 Å². The second-order valence-electron chi connectivity index (χ2n) is 4.03. The lowest BCUT2D eigenvalue weighted by Gasteiger charge is -2.06. The minimum Gasteiger partial charge on any atom is -0.463 e. The highest BCUT2D eigenvalue weighted by Crippen LogP contribution is 2.24. The Morgan fingerprint density at radius 3 is 3.24 bits per heavy atom. The molecule has 1 aliphatic rings. The molecular weight excluding hydrogens is 220 g/mol. The molecule has 1 saturated heterocycles. The van der Waals surface area contributed by atoms with Crippen molar-refractivity contribution in [3.8, 4) is 0 Å². The maximum atomic E-state index is 11.1. The molecule has 0 aliphatic carbocycles. The second-order valence-corrected chi connectivity index (χ2v) is 4.03. The Kier molecular flexibility index (Phi) is 4.03. The summed E-state index contributed by atoms with van der Waals surface area (Å²) < 4.78 is 10.4. The quantitative estimate of drug-likeness (QED) is 0.841. The van der Waals surface area contributed by atoms with Crippen molar-refractivity contribution in [1.29, 1.82) is 0 Å². The first-order valence-electron chi connectivity index (χ1n) is 6.02. The van der Waals surface area contributed by atoms with Crippen LogP contribution in [0.2, 0.25) is 0 Å². The average Bonchev–Trinajstić information content (AvgIpc) is 2.97. The minimum absolute atomic E-state index is 0.325. The number of amides is 1. The monoisotopic (exact) mass is 238 g/mol. The van der Waals surface area contributed by atoms with Gasteiger partial charge in [0.2, 0.25) is 0 Å². The smallest absolute Gasteiger partial charge is 0.407 e. The first-order chi connectivity index (χ1) is 8.29. The van der Waals surface area contributed by atoms with Gasteiger partial charge in [0, 0.05) is 0 Å². The average molecular weight is 238 g/mol. The lowest BCUT2D eigenvalue weighted by atomic mass is 10.2. The maximum absolute atomic E-state index is 11.1. The predicted octanol–water partition coefficient (Wildman–Crippen LogP) is 1.95. The molecule has 0 unspecified atom stereocenters. The maximum Gasteiger partial charge on any atom is 0.407 e. The van der Waals surface area contributed by atoms with Crippen LogP contribution in [0, 0.1) is 0 Å². The number of ether oxygens (including phenoxy) is 1. The molecule has 0 aromatic carbocycles. The zero-order valence-electron chi connectivity index (χ0n) is 9.99. The van der Waals surface area contributed by atoms with Gasteiger partial charge in [-0.1, -0.05) is 0 Å². The molecule has 1 amide bonds. The lowest BCUT2D eigenvalue weighted by Crippen LogP contribution is -2.23. The van der Waals surface area contributed by atoms with Gasteiger partial charge in [-0.3, -0.25) is 0 Å². The summed E-state index contributed by atoms with van der Waals surface area (Å²) in [5, 5.41) is 5.99. The van der Waals surface area contributed by atoms with Crippen molar-refractivity contribution in [2.24, 2.45) is 0 Å². The van der Waals surface area contributed by atoms with E-state index >= 15 is 0 Å². The van der Waals surface area contributed by atoms with E-state index in [9.17, 15) is 4.79 Å². The summed E-state index contributed by atoms with van der Waals surface area (Å²) in [6.07, 6.45) is 1.88. The number of rotatable bonds is 4. The lowest BCUT2D eigenvalue weighted by molar-refractivity contribution is 0.150. The summed E-state index contributed by atoms with van der Waals surface area (Å²) in [7, 11) is 0. The van der Waals surface area contributed by atoms with Crippen LogP contribution in [0.25, 0.3) is 0 Å². The van der Waals surface area contributed by atoms with Gasteiger partial charge in [0.05, 0.1) is 19.2 Å². The Hall–Kier alpha value is -1.49. The number of carbonyl (C=O) groups is 1. The fourth-order valence-corrected chi connectivity index (χ4v) is 1.95. The van der Waals surface area contributed by atoms with Crippen LogP contribution in [0.5, 0.6) is 0 Å². The molecule has 1 aromatic rings. The minimum atomic E-state index is -0.413. The van der Waals surface area contributed by atoms with Crippen LogP contribution in [-0.4, -0.2) is 19.2 Å². The van der Waals surface area contributed by atoms with Crippen molar-refractivity contribution in [1.82, 2.24) is 10.6 Å². The third kappa shape index (κ3) is 3.23. The number of hydrogen-bond donors (Lipinski definition) is 2. The highest BCUT2D eigenvalue weighted by Gasteiger charge is 2.19. The van der Waals surface area contributed by atoms with Crippen LogP contribution in [0.4, 0.5) is 4.79 Å². The number of furan rings is 1. The molecule has 0 bridgehead atoms. The van der Waals surface area contributed by atoms with Crippen molar-refractivity contribution < 1.29 is 13.9 Å².